The highest BCUT2D eigenvalue weighted by Crippen LogP contribution is 2.37. The van der Waals surface area contributed by atoms with Gasteiger partial charge in [0, 0.05) is 29.5 Å². The van der Waals surface area contributed by atoms with Gasteiger partial charge >= 0.3 is 5.97 Å². The molecule has 1 aliphatic heterocycles. The number of hydrazone groups is 1. The third kappa shape index (κ3) is 4.40. The Morgan fingerprint density at radius 1 is 0.971 bits per heavy atom. The second-order valence-corrected chi connectivity index (χ2v) is 8.93. The molecule has 3 heterocycles. The molecule has 2 aromatic heterocycles. The summed E-state index contributed by atoms with van der Waals surface area (Å²) in [7, 11) is 0. The van der Waals surface area contributed by atoms with Gasteiger partial charge in [0.2, 0.25) is 5.91 Å². The number of thiophene rings is 1. The van der Waals surface area contributed by atoms with E-state index in [2.05, 4.69) is 0 Å². The fraction of sp³-hybridized carbons (Fsp3) is 0.154. The molecule has 0 fully saturated rings. The molecule has 0 saturated carbocycles. The first-order valence-corrected chi connectivity index (χ1v) is 11.8. The summed E-state index contributed by atoms with van der Waals surface area (Å²) in [6.07, 6.45) is 2.16. The van der Waals surface area contributed by atoms with Crippen molar-refractivity contribution in [1.82, 2.24) is 14.8 Å². The molecule has 170 valence electrons. The van der Waals surface area contributed by atoms with E-state index in [1.165, 1.54) is 5.01 Å². The predicted octanol–water partition coefficient (Wildman–Crippen LogP) is 5.14. The summed E-state index contributed by atoms with van der Waals surface area (Å²) in [5, 5.41) is 22.0. The number of para-hydroxylation sites is 1. The van der Waals surface area contributed by atoms with Crippen LogP contribution >= 0.6 is 11.3 Å². The SMILES string of the molecule is O=C(O)CCC(=O)N1N=C(c2nn(-c3ccccc3)cc2-c2ccccc2)C[C@@H]1c1cccs1. The van der Waals surface area contributed by atoms with Crippen LogP contribution in [0.5, 0.6) is 0 Å². The number of benzene rings is 2. The van der Waals surface area contributed by atoms with Gasteiger partial charge < -0.3 is 5.11 Å². The van der Waals surface area contributed by atoms with Crippen LogP contribution in [-0.4, -0.2) is 37.5 Å². The molecular formula is C26H22N4O3S. The lowest BCUT2D eigenvalue weighted by Gasteiger charge is -2.20. The van der Waals surface area contributed by atoms with Gasteiger partial charge in [-0.3, -0.25) is 9.59 Å². The van der Waals surface area contributed by atoms with Crippen LogP contribution in [0.1, 0.15) is 35.9 Å². The van der Waals surface area contributed by atoms with Crippen LogP contribution in [0.2, 0.25) is 0 Å². The Kier molecular flexibility index (Phi) is 6.05. The third-order valence-electron chi connectivity index (χ3n) is 5.68. The largest absolute Gasteiger partial charge is 0.481 e. The van der Waals surface area contributed by atoms with Crippen LogP contribution in [0.25, 0.3) is 16.8 Å². The summed E-state index contributed by atoms with van der Waals surface area (Å²) in [6.45, 7) is 0. The smallest absolute Gasteiger partial charge is 0.303 e. The third-order valence-corrected chi connectivity index (χ3v) is 6.66. The van der Waals surface area contributed by atoms with Crippen LogP contribution in [-0.2, 0) is 9.59 Å². The molecule has 5 rings (SSSR count). The summed E-state index contributed by atoms with van der Waals surface area (Å²) in [5.41, 5.74) is 4.27. The molecule has 0 radical (unpaired) electrons. The Balaban J connectivity index is 1.57. The van der Waals surface area contributed by atoms with Crippen molar-refractivity contribution in [2.75, 3.05) is 0 Å². The molecule has 1 atom stereocenters. The van der Waals surface area contributed by atoms with Gasteiger partial charge in [0.1, 0.15) is 5.69 Å². The van der Waals surface area contributed by atoms with E-state index in [4.69, 9.17) is 15.3 Å². The van der Waals surface area contributed by atoms with Crippen molar-refractivity contribution in [2.24, 2.45) is 5.10 Å². The zero-order valence-electron chi connectivity index (χ0n) is 18.2. The maximum Gasteiger partial charge on any atom is 0.303 e. The molecule has 0 unspecified atom stereocenters. The fourth-order valence-electron chi connectivity index (χ4n) is 4.04. The molecule has 0 spiro atoms. The van der Waals surface area contributed by atoms with Crippen LogP contribution in [0.4, 0.5) is 0 Å². The van der Waals surface area contributed by atoms with E-state index in [-0.39, 0.29) is 24.8 Å². The van der Waals surface area contributed by atoms with Crippen LogP contribution in [0.15, 0.2) is 89.5 Å². The molecule has 34 heavy (non-hydrogen) atoms. The second kappa shape index (κ2) is 9.44. The first-order valence-electron chi connectivity index (χ1n) is 11.0. The highest BCUT2D eigenvalue weighted by atomic mass is 32.1. The van der Waals surface area contributed by atoms with Crippen LogP contribution < -0.4 is 0 Å². The Bertz CT molecular complexity index is 1330. The summed E-state index contributed by atoms with van der Waals surface area (Å²) in [6, 6.07) is 23.5. The monoisotopic (exact) mass is 470 g/mol. The van der Waals surface area contributed by atoms with Gasteiger partial charge in [-0.2, -0.15) is 10.2 Å². The minimum atomic E-state index is -1.00. The van der Waals surface area contributed by atoms with E-state index in [1.807, 2.05) is 89.1 Å². The zero-order valence-corrected chi connectivity index (χ0v) is 19.1. The lowest BCUT2D eigenvalue weighted by atomic mass is 10.0. The molecule has 0 saturated heterocycles. The average molecular weight is 471 g/mol. The van der Waals surface area contributed by atoms with Gasteiger partial charge in [-0.25, -0.2) is 9.69 Å². The fourth-order valence-corrected chi connectivity index (χ4v) is 4.85. The number of carboxylic acids is 1. The number of carbonyl (C=O) groups excluding carboxylic acids is 1. The summed E-state index contributed by atoms with van der Waals surface area (Å²) in [5.74, 6) is -1.31. The van der Waals surface area contributed by atoms with Crippen molar-refractivity contribution in [1.29, 1.82) is 0 Å². The molecule has 7 nitrogen and oxygen atoms in total. The molecule has 1 amide bonds. The summed E-state index contributed by atoms with van der Waals surface area (Å²) < 4.78 is 1.83. The van der Waals surface area contributed by atoms with Crippen molar-refractivity contribution in [3.05, 3.63) is 94.9 Å². The van der Waals surface area contributed by atoms with E-state index in [1.54, 1.807) is 11.3 Å². The van der Waals surface area contributed by atoms with E-state index >= 15 is 0 Å². The summed E-state index contributed by atoms with van der Waals surface area (Å²) >= 11 is 1.56. The normalized spacial score (nSPS) is 15.4. The Hall–Kier alpha value is -4.04. The van der Waals surface area contributed by atoms with Gasteiger partial charge in [-0.15, -0.1) is 11.3 Å². The molecular weight excluding hydrogens is 448 g/mol. The highest BCUT2D eigenvalue weighted by Gasteiger charge is 2.35. The van der Waals surface area contributed by atoms with Gasteiger partial charge in [0.25, 0.3) is 0 Å². The Morgan fingerprint density at radius 2 is 1.71 bits per heavy atom. The lowest BCUT2D eigenvalue weighted by Crippen LogP contribution is -2.26. The van der Waals surface area contributed by atoms with Crippen LogP contribution in [0.3, 0.4) is 0 Å². The number of nitrogens with zero attached hydrogens (tertiary/aromatic N) is 4. The van der Waals surface area contributed by atoms with E-state index < -0.39 is 5.97 Å². The lowest BCUT2D eigenvalue weighted by molar-refractivity contribution is -0.141. The summed E-state index contributed by atoms with van der Waals surface area (Å²) in [4.78, 5) is 25.0. The minimum absolute atomic E-state index is 0.0992. The van der Waals surface area contributed by atoms with Gasteiger partial charge in [0.15, 0.2) is 0 Å². The second-order valence-electron chi connectivity index (χ2n) is 7.95. The maximum absolute atomic E-state index is 12.9. The minimum Gasteiger partial charge on any atom is -0.481 e. The number of carbonyl (C=O) groups is 2. The van der Waals surface area contributed by atoms with Crippen molar-refractivity contribution < 1.29 is 14.7 Å². The molecule has 4 aromatic rings. The molecule has 2 aromatic carbocycles. The maximum atomic E-state index is 12.9. The van der Waals surface area contributed by atoms with E-state index in [9.17, 15) is 9.59 Å². The van der Waals surface area contributed by atoms with Crippen molar-refractivity contribution >= 4 is 28.9 Å². The van der Waals surface area contributed by atoms with E-state index in [0.717, 1.165) is 21.7 Å². The zero-order chi connectivity index (χ0) is 23.5. The number of aliphatic carboxylic acids is 1. The standard InChI is InChI=1S/C26H22N4O3S/c31-24(13-14-25(32)33)30-22(23-12-7-15-34-23)16-21(27-30)26-20(18-8-3-1-4-9-18)17-29(28-26)19-10-5-2-6-11-19/h1-12,15,17,22H,13-14,16H2,(H,32,33)/t22-/m1/s1. The molecule has 1 aliphatic rings. The number of carboxylic acid groups (broad SMARTS) is 1. The number of hydrogen-bond acceptors (Lipinski definition) is 5. The average Bonchev–Trinajstić information content (AvgIpc) is 3.62. The number of aromatic nitrogens is 2. The number of hydrogen-bond donors (Lipinski definition) is 1. The quantitative estimate of drug-likeness (QED) is 0.405. The van der Waals surface area contributed by atoms with E-state index in [0.29, 0.717) is 17.8 Å². The molecule has 0 aliphatic carbocycles. The Labute approximate surface area is 200 Å². The van der Waals surface area contributed by atoms with Crippen molar-refractivity contribution in [3.63, 3.8) is 0 Å². The highest BCUT2D eigenvalue weighted by molar-refractivity contribution is 7.10. The number of rotatable bonds is 7. The molecule has 0 bridgehead atoms. The van der Waals surface area contributed by atoms with Gasteiger partial charge in [0.05, 0.1) is 23.9 Å². The van der Waals surface area contributed by atoms with Gasteiger partial charge in [-0.05, 0) is 29.1 Å². The number of amides is 1. The first-order chi connectivity index (χ1) is 16.6. The van der Waals surface area contributed by atoms with Crippen LogP contribution in [0, 0.1) is 0 Å². The predicted molar refractivity (Wildman–Crippen MR) is 131 cm³/mol. The van der Waals surface area contributed by atoms with Crippen molar-refractivity contribution in [2.45, 2.75) is 25.3 Å². The van der Waals surface area contributed by atoms with Crippen molar-refractivity contribution in [3.8, 4) is 16.8 Å². The topological polar surface area (TPSA) is 87.8 Å². The Morgan fingerprint density at radius 3 is 2.38 bits per heavy atom. The molecule has 8 heteroatoms. The first kappa shape index (κ1) is 21.8. The molecule has 1 N–H and O–H groups in total. The van der Waals surface area contributed by atoms with Gasteiger partial charge in [-0.1, -0.05) is 54.6 Å².